The molecule has 2 rings (SSSR count). The number of pyridine rings is 1. The molecule has 0 saturated carbocycles. The molecule has 5 heteroatoms. The van der Waals surface area contributed by atoms with Crippen LogP contribution >= 0.6 is 11.6 Å². The van der Waals surface area contributed by atoms with E-state index in [9.17, 15) is 4.79 Å². The van der Waals surface area contributed by atoms with Gasteiger partial charge in [0.05, 0.1) is 11.4 Å². The van der Waals surface area contributed by atoms with E-state index in [0.717, 1.165) is 5.69 Å². The molecule has 2 aromatic heterocycles. The van der Waals surface area contributed by atoms with E-state index in [0.29, 0.717) is 22.2 Å². The molecular weight excluding hydrogens is 250 g/mol. The number of hydrogen-bond donors (Lipinski definition) is 1. The SMILES string of the molecule is Cc1nc(Cl)ccc1NC(=O)c1ccc(C)n1C. The highest BCUT2D eigenvalue weighted by Gasteiger charge is 2.12. The van der Waals surface area contributed by atoms with E-state index in [2.05, 4.69) is 10.3 Å². The molecular formula is C13H14ClN3O. The zero-order chi connectivity index (χ0) is 13.3. The Morgan fingerprint density at radius 2 is 2.00 bits per heavy atom. The van der Waals surface area contributed by atoms with Gasteiger partial charge < -0.3 is 9.88 Å². The first-order chi connectivity index (χ1) is 8.49. The van der Waals surface area contributed by atoms with E-state index in [1.165, 1.54) is 0 Å². The molecule has 0 aliphatic carbocycles. The number of carbonyl (C=O) groups is 1. The highest BCUT2D eigenvalue weighted by Crippen LogP contribution is 2.17. The molecule has 0 aromatic carbocycles. The minimum atomic E-state index is -0.155. The maximum absolute atomic E-state index is 12.1. The fourth-order valence-corrected chi connectivity index (χ4v) is 1.88. The van der Waals surface area contributed by atoms with Crippen LogP contribution in [0.15, 0.2) is 24.3 Å². The smallest absolute Gasteiger partial charge is 0.272 e. The van der Waals surface area contributed by atoms with Crippen molar-refractivity contribution < 1.29 is 4.79 Å². The van der Waals surface area contributed by atoms with Crippen LogP contribution in [-0.2, 0) is 7.05 Å². The molecule has 18 heavy (non-hydrogen) atoms. The van der Waals surface area contributed by atoms with Crippen molar-refractivity contribution in [3.05, 3.63) is 46.5 Å². The highest BCUT2D eigenvalue weighted by atomic mass is 35.5. The number of nitrogens with one attached hydrogen (secondary N) is 1. The van der Waals surface area contributed by atoms with Crippen LogP contribution in [0.2, 0.25) is 5.15 Å². The Balaban J connectivity index is 2.24. The normalized spacial score (nSPS) is 10.4. The van der Waals surface area contributed by atoms with Crippen molar-refractivity contribution in [1.29, 1.82) is 0 Å². The van der Waals surface area contributed by atoms with E-state index in [1.807, 2.05) is 24.6 Å². The summed E-state index contributed by atoms with van der Waals surface area (Å²) in [5.74, 6) is -0.155. The Labute approximate surface area is 111 Å². The number of aryl methyl sites for hydroxylation is 2. The number of amides is 1. The largest absolute Gasteiger partial charge is 0.344 e. The lowest BCUT2D eigenvalue weighted by atomic mass is 10.3. The molecule has 1 N–H and O–H groups in total. The van der Waals surface area contributed by atoms with Gasteiger partial charge in [-0.25, -0.2) is 4.98 Å². The van der Waals surface area contributed by atoms with Crippen molar-refractivity contribution in [3.8, 4) is 0 Å². The topological polar surface area (TPSA) is 46.9 Å². The zero-order valence-corrected chi connectivity index (χ0v) is 11.2. The molecule has 1 amide bonds. The summed E-state index contributed by atoms with van der Waals surface area (Å²) >= 11 is 5.77. The standard InChI is InChI=1S/C13H14ClN3O/c1-8-4-6-11(17(8)3)13(18)16-10-5-7-12(14)15-9(10)2/h4-7H,1-3H3,(H,16,18). The fourth-order valence-electron chi connectivity index (χ4n) is 1.69. The first-order valence-corrected chi connectivity index (χ1v) is 5.93. The third-order valence-electron chi connectivity index (χ3n) is 2.91. The number of anilines is 1. The van der Waals surface area contributed by atoms with E-state index >= 15 is 0 Å². The molecule has 0 aliphatic heterocycles. The number of halogens is 1. The molecule has 0 radical (unpaired) electrons. The Morgan fingerprint density at radius 1 is 1.28 bits per heavy atom. The lowest BCUT2D eigenvalue weighted by Crippen LogP contribution is -2.16. The Morgan fingerprint density at radius 3 is 2.56 bits per heavy atom. The van der Waals surface area contributed by atoms with E-state index in [4.69, 9.17) is 11.6 Å². The molecule has 0 aliphatic rings. The minimum Gasteiger partial charge on any atom is -0.344 e. The van der Waals surface area contributed by atoms with Crippen molar-refractivity contribution in [3.63, 3.8) is 0 Å². The summed E-state index contributed by atoms with van der Waals surface area (Å²) in [7, 11) is 1.86. The summed E-state index contributed by atoms with van der Waals surface area (Å²) in [5, 5.41) is 3.24. The van der Waals surface area contributed by atoms with Gasteiger partial charge in [-0.1, -0.05) is 11.6 Å². The second kappa shape index (κ2) is 4.82. The predicted molar refractivity (Wildman–Crippen MR) is 72.1 cm³/mol. The van der Waals surface area contributed by atoms with Gasteiger partial charge in [-0.05, 0) is 38.1 Å². The average Bonchev–Trinajstić information content (AvgIpc) is 2.64. The summed E-state index contributed by atoms with van der Waals surface area (Å²) in [5.41, 5.74) is 3.01. The van der Waals surface area contributed by atoms with Gasteiger partial charge in [0.25, 0.3) is 5.91 Å². The zero-order valence-electron chi connectivity index (χ0n) is 10.5. The van der Waals surface area contributed by atoms with Gasteiger partial charge in [-0.15, -0.1) is 0 Å². The third-order valence-corrected chi connectivity index (χ3v) is 3.12. The van der Waals surface area contributed by atoms with Gasteiger partial charge >= 0.3 is 0 Å². The lowest BCUT2D eigenvalue weighted by molar-refractivity contribution is 0.101. The molecule has 2 aromatic rings. The van der Waals surface area contributed by atoms with Crippen molar-refractivity contribution in [2.45, 2.75) is 13.8 Å². The fraction of sp³-hybridized carbons (Fsp3) is 0.231. The summed E-state index contributed by atoms with van der Waals surface area (Å²) in [6.45, 7) is 3.75. The van der Waals surface area contributed by atoms with Crippen LogP contribution in [0.1, 0.15) is 21.9 Å². The first kappa shape index (κ1) is 12.6. The molecule has 0 bridgehead atoms. The summed E-state index contributed by atoms with van der Waals surface area (Å²) < 4.78 is 1.84. The third kappa shape index (κ3) is 2.38. The van der Waals surface area contributed by atoms with E-state index in [-0.39, 0.29) is 5.91 Å². The van der Waals surface area contributed by atoms with Gasteiger partial charge in [0.2, 0.25) is 0 Å². The summed E-state index contributed by atoms with van der Waals surface area (Å²) in [6.07, 6.45) is 0. The number of hydrogen-bond acceptors (Lipinski definition) is 2. The van der Waals surface area contributed by atoms with Gasteiger partial charge in [0.15, 0.2) is 0 Å². The minimum absolute atomic E-state index is 0.155. The predicted octanol–water partition coefficient (Wildman–Crippen LogP) is 2.94. The van der Waals surface area contributed by atoms with Crippen LogP contribution in [0.3, 0.4) is 0 Å². The van der Waals surface area contributed by atoms with Gasteiger partial charge in [0, 0.05) is 12.7 Å². The Hall–Kier alpha value is -1.81. The van der Waals surface area contributed by atoms with Gasteiger partial charge in [-0.3, -0.25) is 4.79 Å². The van der Waals surface area contributed by atoms with Crippen LogP contribution < -0.4 is 5.32 Å². The van der Waals surface area contributed by atoms with Crippen LogP contribution in [-0.4, -0.2) is 15.5 Å². The van der Waals surface area contributed by atoms with Crippen molar-refractivity contribution >= 4 is 23.2 Å². The first-order valence-electron chi connectivity index (χ1n) is 5.56. The summed E-state index contributed by atoms with van der Waals surface area (Å²) in [6, 6.07) is 7.10. The van der Waals surface area contributed by atoms with Crippen LogP contribution in [0, 0.1) is 13.8 Å². The monoisotopic (exact) mass is 263 g/mol. The maximum atomic E-state index is 12.1. The second-order valence-corrected chi connectivity index (χ2v) is 4.53. The highest BCUT2D eigenvalue weighted by molar-refractivity contribution is 6.29. The molecule has 0 fully saturated rings. The number of nitrogens with zero attached hydrogens (tertiary/aromatic N) is 2. The van der Waals surface area contributed by atoms with Gasteiger partial charge in [-0.2, -0.15) is 0 Å². The molecule has 0 unspecified atom stereocenters. The number of aromatic nitrogens is 2. The Bertz CT molecular complexity index is 604. The molecule has 0 spiro atoms. The maximum Gasteiger partial charge on any atom is 0.272 e. The van der Waals surface area contributed by atoms with E-state index < -0.39 is 0 Å². The number of carbonyl (C=O) groups excluding carboxylic acids is 1. The average molecular weight is 264 g/mol. The van der Waals surface area contributed by atoms with Crippen LogP contribution in [0.4, 0.5) is 5.69 Å². The molecule has 0 atom stereocenters. The van der Waals surface area contributed by atoms with Crippen molar-refractivity contribution in [2.75, 3.05) is 5.32 Å². The van der Waals surface area contributed by atoms with Crippen LogP contribution in [0.25, 0.3) is 0 Å². The van der Waals surface area contributed by atoms with Crippen molar-refractivity contribution in [2.24, 2.45) is 7.05 Å². The van der Waals surface area contributed by atoms with Crippen molar-refractivity contribution in [1.82, 2.24) is 9.55 Å². The lowest BCUT2D eigenvalue weighted by Gasteiger charge is -2.09. The Kier molecular flexibility index (Phi) is 3.39. The number of rotatable bonds is 2. The van der Waals surface area contributed by atoms with Crippen LogP contribution in [0.5, 0.6) is 0 Å². The van der Waals surface area contributed by atoms with Gasteiger partial charge in [0.1, 0.15) is 10.8 Å². The summed E-state index contributed by atoms with van der Waals surface area (Å²) in [4.78, 5) is 16.2. The molecule has 4 nitrogen and oxygen atoms in total. The quantitative estimate of drug-likeness (QED) is 0.847. The molecule has 94 valence electrons. The van der Waals surface area contributed by atoms with E-state index in [1.54, 1.807) is 25.1 Å². The second-order valence-electron chi connectivity index (χ2n) is 4.14. The molecule has 2 heterocycles. The molecule has 0 saturated heterocycles.